The van der Waals surface area contributed by atoms with Crippen molar-refractivity contribution < 1.29 is 4.39 Å². The Morgan fingerprint density at radius 3 is 2.89 bits per heavy atom. The summed E-state index contributed by atoms with van der Waals surface area (Å²) in [5, 5.41) is 3.53. The molecule has 106 valence electrons. The average molecular weight is 264 g/mol. The number of nitrogens with zero attached hydrogens (tertiary/aromatic N) is 1. The molecule has 1 saturated heterocycles. The van der Waals surface area contributed by atoms with Crippen molar-refractivity contribution in [2.45, 2.75) is 52.2 Å². The molecule has 1 N–H and O–H groups in total. The van der Waals surface area contributed by atoms with Gasteiger partial charge in [-0.2, -0.15) is 0 Å². The van der Waals surface area contributed by atoms with Crippen molar-refractivity contribution in [1.82, 2.24) is 10.2 Å². The van der Waals surface area contributed by atoms with Crippen LogP contribution in [0.4, 0.5) is 4.39 Å². The summed E-state index contributed by atoms with van der Waals surface area (Å²) >= 11 is 0. The highest BCUT2D eigenvalue weighted by atomic mass is 19.1. The third-order valence-electron chi connectivity index (χ3n) is 3.94. The quantitative estimate of drug-likeness (QED) is 0.879. The summed E-state index contributed by atoms with van der Waals surface area (Å²) in [4.78, 5) is 2.52. The van der Waals surface area contributed by atoms with E-state index in [0.29, 0.717) is 12.1 Å². The molecule has 1 heterocycles. The number of hydrogen-bond donors (Lipinski definition) is 1. The molecule has 1 aromatic carbocycles. The van der Waals surface area contributed by atoms with Crippen LogP contribution in [0.15, 0.2) is 18.2 Å². The highest BCUT2D eigenvalue weighted by Gasteiger charge is 2.24. The van der Waals surface area contributed by atoms with Gasteiger partial charge in [-0.05, 0) is 49.6 Å². The van der Waals surface area contributed by atoms with Gasteiger partial charge in [0, 0.05) is 25.2 Å². The highest BCUT2D eigenvalue weighted by Crippen LogP contribution is 2.21. The Labute approximate surface area is 116 Å². The van der Waals surface area contributed by atoms with Crippen LogP contribution in [-0.4, -0.2) is 30.1 Å². The fourth-order valence-electron chi connectivity index (χ4n) is 2.76. The minimum absolute atomic E-state index is 0.138. The predicted molar refractivity (Wildman–Crippen MR) is 77.7 cm³/mol. The highest BCUT2D eigenvalue weighted by molar-refractivity contribution is 5.26. The summed E-state index contributed by atoms with van der Waals surface area (Å²) in [5.41, 5.74) is 2.31. The molecule has 0 bridgehead atoms. The second-order valence-electron chi connectivity index (χ2n) is 5.90. The van der Waals surface area contributed by atoms with E-state index < -0.39 is 0 Å². The maximum Gasteiger partial charge on any atom is 0.123 e. The Hall–Kier alpha value is -0.930. The molecule has 1 aliphatic heterocycles. The maximum absolute atomic E-state index is 13.1. The van der Waals surface area contributed by atoms with Gasteiger partial charge in [0.2, 0.25) is 0 Å². The van der Waals surface area contributed by atoms with Crippen molar-refractivity contribution in [3.8, 4) is 0 Å². The molecule has 0 aromatic heterocycles. The van der Waals surface area contributed by atoms with Crippen molar-refractivity contribution >= 4 is 0 Å². The molecule has 0 spiro atoms. The van der Waals surface area contributed by atoms with Crippen LogP contribution >= 0.6 is 0 Å². The topological polar surface area (TPSA) is 15.3 Å². The van der Waals surface area contributed by atoms with Gasteiger partial charge in [0.15, 0.2) is 0 Å². The molecule has 0 radical (unpaired) electrons. The van der Waals surface area contributed by atoms with Gasteiger partial charge in [0.05, 0.1) is 0 Å². The van der Waals surface area contributed by atoms with Gasteiger partial charge in [-0.15, -0.1) is 0 Å². The molecule has 0 saturated carbocycles. The number of likely N-dealkylation sites (tertiary alicyclic amines) is 1. The molecule has 1 aliphatic rings. The lowest BCUT2D eigenvalue weighted by Gasteiger charge is -2.26. The van der Waals surface area contributed by atoms with E-state index in [9.17, 15) is 4.39 Å². The van der Waals surface area contributed by atoms with E-state index in [0.717, 1.165) is 25.2 Å². The summed E-state index contributed by atoms with van der Waals surface area (Å²) in [6.45, 7) is 9.51. The molecule has 0 amide bonds. The third kappa shape index (κ3) is 4.02. The Morgan fingerprint density at radius 2 is 2.21 bits per heavy atom. The zero-order valence-corrected chi connectivity index (χ0v) is 12.2. The molecule has 0 aliphatic carbocycles. The van der Waals surface area contributed by atoms with Gasteiger partial charge < -0.3 is 5.32 Å². The lowest BCUT2D eigenvalue weighted by atomic mass is 10.1. The molecule has 1 fully saturated rings. The zero-order valence-electron chi connectivity index (χ0n) is 12.2. The molecular weight excluding hydrogens is 239 g/mol. The molecule has 1 unspecified atom stereocenters. The minimum Gasteiger partial charge on any atom is -0.313 e. The zero-order chi connectivity index (χ0) is 13.8. The number of aryl methyl sites for hydroxylation is 1. The lowest BCUT2D eigenvalue weighted by molar-refractivity contribution is 0.235. The van der Waals surface area contributed by atoms with Crippen LogP contribution in [-0.2, 0) is 6.54 Å². The summed E-state index contributed by atoms with van der Waals surface area (Å²) < 4.78 is 13.1. The Bertz CT molecular complexity index is 417. The van der Waals surface area contributed by atoms with Gasteiger partial charge in [-0.25, -0.2) is 4.39 Å². The maximum atomic E-state index is 13.1. The normalized spacial score (nSPS) is 20.4. The van der Waals surface area contributed by atoms with Crippen LogP contribution in [0.2, 0.25) is 0 Å². The van der Waals surface area contributed by atoms with E-state index in [2.05, 4.69) is 24.1 Å². The SMILES string of the molecule is Cc1cc(F)ccc1CN1CCCC1CNC(C)C. The second-order valence-corrected chi connectivity index (χ2v) is 5.90. The Morgan fingerprint density at radius 1 is 1.42 bits per heavy atom. The summed E-state index contributed by atoms with van der Waals surface area (Å²) in [6, 6.07) is 6.28. The fraction of sp³-hybridized carbons (Fsp3) is 0.625. The predicted octanol–water partition coefficient (Wildman–Crippen LogP) is 3.10. The first kappa shape index (κ1) is 14.5. The monoisotopic (exact) mass is 264 g/mol. The van der Waals surface area contributed by atoms with Crippen LogP contribution in [0.5, 0.6) is 0 Å². The summed E-state index contributed by atoms with van der Waals surface area (Å²) in [5.74, 6) is -0.138. The van der Waals surface area contributed by atoms with Crippen molar-refractivity contribution in [3.05, 3.63) is 35.1 Å². The Balaban J connectivity index is 1.97. The molecule has 19 heavy (non-hydrogen) atoms. The van der Waals surface area contributed by atoms with E-state index in [-0.39, 0.29) is 5.82 Å². The standard InChI is InChI=1S/C16H25FN2/c1-12(2)18-10-16-5-4-8-19(16)11-14-6-7-15(17)9-13(14)3/h6-7,9,12,16,18H,4-5,8,10-11H2,1-3H3. The minimum atomic E-state index is -0.138. The van der Waals surface area contributed by atoms with E-state index in [1.54, 1.807) is 12.1 Å². The first-order chi connectivity index (χ1) is 9.06. The summed E-state index contributed by atoms with van der Waals surface area (Å²) in [7, 11) is 0. The number of nitrogens with one attached hydrogen (secondary N) is 1. The summed E-state index contributed by atoms with van der Waals surface area (Å²) in [6.07, 6.45) is 2.53. The number of hydrogen-bond acceptors (Lipinski definition) is 2. The van der Waals surface area contributed by atoms with Crippen LogP contribution in [0.25, 0.3) is 0 Å². The van der Waals surface area contributed by atoms with E-state index >= 15 is 0 Å². The van der Waals surface area contributed by atoms with Crippen molar-refractivity contribution in [2.75, 3.05) is 13.1 Å². The average Bonchev–Trinajstić information content (AvgIpc) is 2.77. The molecule has 2 rings (SSSR count). The van der Waals surface area contributed by atoms with Gasteiger partial charge in [-0.1, -0.05) is 19.9 Å². The second kappa shape index (κ2) is 6.49. The largest absolute Gasteiger partial charge is 0.313 e. The van der Waals surface area contributed by atoms with Crippen LogP contribution < -0.4 is 5.32 Å². The number of benzene rings is 1. The Kier molecular flexibility index (Phi) is 4.94. The van der Waals surface area contributed by atoms with Gasteiger partial charge in [0.1, 0.15) is 5.82 Å². The molecule has 1 aromatic rings. The third-order valence-corrected chi connectivity index (χ3v) is 3.94. The van der Waals surface area contributed by atoms with Gasteiger partial charge in [-0.3, -0.25) is 4.90 Å². The number of rotatable bonds is 5. The first-order valence-corrected chi connectivity index (χ1v) is 7.28. The molecular formula is C16H25FN2. The van der Waals surface area contributed by atoms with Gasteiger partial charge in [0.25, 0.3) is 0 Å². The molecule has 1 atom stereocenters. The van der Waals surface area contributed by atoms with Crippen LogP contribution in [0.3, 0.4) is 0 Å². The lowest BCUT2D eigenvalue weighted by Crippen LogP contribution is -2.39. The molecule has 2 nitrogen and oxygen atoms in total. The first-order valence-electron chi connectivity index (χ1n) is 7.28. The van der Waals surface area contributed by atoms with Crippen molar-refractivity contribution in [2.24, 2.45) is 0 Å². The van der Waals surface area contributed by atoms with Crippen molar-refractivity contribution in [3.63, 3.8) is 0 Å². The van der Waals surface area contributed by atoms with E-state index in [4.69, 9.17) is 0 Å². The van der Waals surface area contributed by atoms with Crippen LogP contribution in [0, 0.1) is 12.7 Å². The van der Waals surface area contributed by atoms with E-state index in [1.807, 2.05) is 13.0 Å². The van der Waals surface area contributed by atoms with Crippen molar-refractivity contribution in [1.29, 1.82) is 0 Å². The molecule has 3 heteroatoms. The van der Waals surface area contributed by atoms with E-state index in [1.165, 1.54) is 18.4 Å². The fourth-order valence-corrected chi connectivity index (χ4v) is 2.76. The number of halogens is 1. The van der Waals surface area contributed by atoms with Crippen LogP contribution in [0.1, 0.15) is 37.8 Å². The smallest absolute Gasteiger partial charge is 0.123 e. The van der Waals surface area contributed by atoms with Gasteiger partial charge >= 0.3 is 0 Å².